The smallest absolute Gasteiger partial charge is 0.229 e. The molecule has 0 aliphatic rings. The van der Waals surface area contributed by atoms with E-state index in [0.717, 1.165) is 22.6 Å². The van der Waals surface area contributed by atoms with Crippen LogP contribution in [-0.2, 0) is 17.8 Å². The molecule has 3 aromatic rings. The van der Waals surface area contributed by atoms with Crippen molar-refractivity contribution in [3.05, 3.63) is 53.0 Å². The number of carbonyl (C=O) groups is 1. The van der Waals surface area contributed by atoms with Crippen LogP contribution in [0.25, 0.3) is 0 Å². The summed E-state index contributed by atoms with van der Waals surface area (Å²) in [6, 6.07) is 6.53. The number of benzene rings is 1. The summed E-state index contributed by atoms with van der Waals surface area (Å²) >= 11 is 0. The third-order valence-electron chi connectivity index (χ3n) is 4.02. The summed E-state index contributed by atoms with van der Waals surface area (Å²) in [6.45, 7) is 4.25. The van der Waals surface area contributed by atoms with Crippen molar-refractivity contribution in [3.63, 3.8) is 0 Å². The number of aryl methyl sites for hydroxylation is 2. The lowest BCUT2D eigenvalue weighted by Gasteiger charge is -2.06. The maximum Gasteiger partial charge on any atom is 0.229 e. The van der Waals surface area contributed by atoms with Gasteiger partial charge in [0.05, 0.1) is 25.8 Å². The van der Waals surface area contributed by atoms with Crippen molar-refractivity contribution >= 4 is 11.7 Å². The fourth-order valence-electron chi connectivity index (χ4n) is 2.61. The van der Waals surface area contributed by atoms with E-state index in [0.29, 0.717) is 18.1 Å². The second-order valence-electron chi connectivity index (χ2n) is 5.93. The minimum atomic E-state index is -0.208. The fourth-order valence-corrected chi connectivity index (χ4v) is 2.61. The van der Waals surface area contributed by atoms with Crippen LogP contribution in [0, 0.1) is 13.8 Å². The van der Waals surface area contributed by atoms with Crippen LogP contribution in [0.5, 0.6) is 11.5 Å². The molecule has 0 aliphatic carbocycles. The second-order valence-corrected chi connectivity index (χ2v) is 5.93. The molecule has 0 unspecified atom stereocenters. The summed E-state index contributed by atoms with van der Waals surface area (Å²) in [5.41, 5.74) is 2.53. The number of amides is 1. The predicted molar refractivity (Wildman–Crippen MR) is 94.3 cm³/mol. The summed E-state index contributed by atoms with van der Waals surface area (Å²) in [5.74, 6) is 1.38. The number of phenols is 1. The number of rotatable bonds is 6. The lowest BCUT2D eigenvalue weighted by Crippen LogP contribution is -2.15. The summed E-state index contributed by atoms with van der Waals surface area (Å²) in [4.78, 5) is 12.2. The standard InChI is InChI=1S/C18H20N4O4/c1-11-14(12(2)26-21-11)10-22-7-6-17(20-22)19-18(24)9-13-4-5-15(23)16(8-13)25-3/h4-8,23H,9-10H2,1-3H3,(H,19,20,24). The Hall–Kier alpha value is -3.29. The van der Waals surface area contributed by atoms with E-state index in [1.807, 2.05) is 13.8 Å². The highest BCUT2D eigenvalue weighted by Crippen LogP contribution is 2.26. The molecule has 0 atom stereocenters. The second kappa shape index (κ2) is 7.30. The predicted octanol–water partition coefficient (Wildman–Crippen LogP) is 2.43. The number of carbonyl (C=O) groups excluding carboxylic acids is 1. The van der Waals surface area contributed by atoms with Gasteiger partial charge < -0.3 is 19.7 Å². The normalized spacial score (nSPS) is 10.7. The largest absolute Gasteiger partial charge is 0.504 e. The van der Waals surface area contributed by atoms with Gasteiger partial charge in [0.15, 0.2) is 17.3 Å². The van der Waals surface area contributed by atoms with Crippen LogP contribution in [0.15, 0.2) is 35.0 Å². The Morgan fingerprint density at radius 1 is 1.35 bits per heavy atom. The van der Waals surface area contributed by atoms with Gasteiger partial charge in [-0.3, -0.25) is 9.48 Å². The fraction of sp³-hybridized carbons (Fsp3) is 0.278. The first-order chi connectivity index (χ1) is 12.5. The molecule has 0 fully saturated rings. The number of phenolic OH excluding ortho intramolecular Hbond substituents is 1. The third kappa shape index (κ3) is 3.85. The van der Waals surface area contributed by atoms with Crippen LogP contribution in [-0.4, -0.2) is 33.1 Å². The number of nitrogens with one attached hydrogen (secondary N) is 1. The van der Waals surface area contributed by atoms with Crippen LogP contribution >= 0.6 is 0 Å². The summed E-state index contributed by atoms with van der Waals surface area (Å²) in [5, 5.41) is 20.6. The molecule has 1 amide bonds. The molecule has 2 heterocycles. The topological polar surface area (TPSA) is 102 Å². The molecule has 0 saturated heterocycles. The van der Waals surface area contributed by atoms with Gasteiger partial charge in [0.2, 0.25) is 5.91 Å². The molecule has 2 aromatic heterocycles. The summed E-state index contributed by atoms with van der Waals surface area (Å²) in [6.07, 6.45) is 1.93. The van der Waals surface area contributed by atoms with Gasteiger partial charge in [-0.2, -0.15) is 5.10 Å². The lowest BCUT2D eigenvalue weighted by atomic mass is 10.1. The van der Waals surface area contributed by atoms with Crippen molar-refractivity contribution in [1.82, 2.24) is 14.9 Å². The van der Waals surface area contributed by atoms with Crippen molar-refractivity contribution in [2.75, 3.05) is 12.4 Å². The van der Waals surface area contributed by atoms with E-state index in [9.17, 15) is 9.90 Å². The van der Waals surface area contributed by atoms with E-state index in [1.54, 1.807) is 29.1 Å². The molecular weight excluding hydrogens is 336 g/mol. The molecule has 0 aliphatic heterocycles. The molecule has 3 rings (SSSR count). The maximum atomic E-state index is 12.2. The highest BCUT2D eigenvalue weighted by atomic mass is 16.5. The zero-order valence-electron chi connectivity index (χ0n) is 14.8. The van der Waals surface area contributed by atoms with Gasteiger partial charge in [0.1, 0.15) is 5.76 Å². The average molecular weight is 356 g/mol. The van der Waals surface area contributed by atoms with Crippen LogP contribution in [0.3, 0.4) is 0 Å². The molecule has 0 spiro atoms. The van der Waals surface area contributed by atoms with Crippen molar-refractivity contribution in [2.24, 2.45) is 0 Å². The molecule has 8 heteroatoms. The van der Waals surface area contributed by atoms with Gasteiger partial charge >= 0.3 is 0 Å². The molecule has 136 valence electrons. The zero-order valence-corrected chi connectivity index (χ0v) is 14.8. The Morgan fingerprint density at radius 3 is 2.85 bits per heavy atom. The average Bonchev–Trinajstić information content (AvgIpc) is 3.18. The Kier molecular flexibility index (Phi) is 4.92. The maximum absolute atomic E-state index is 12.2. The van der Waals surface area contributed by atoms with Gasteiger partial charge in [-0.15, -0.1) is 0 Å². The number of hydrogen-bond acceptors (Lipinski definition) is 6. The quantitative estimate of drug-likeness (QED) is 0.703. The Labute approximate surface area is 150 Å². The van der Waals surface area contributed by atoms with Gasteiger partial charge in [-0.05, 0) is 31.5 Å². The monoisotopic (exact) mass is 356 g/mol. The van der Waals surface area contributed by atoms with Gasteiger partial charge in [0, 0.05) is 17.8 Å². The molecule has 0 bridgehead atoms. The molecule has 26 heavy (non-hydrogen) atoms. The zero-order chi connectivity index (χ0) is 18.7. The molecule has 0 saturated carbocycles. The van der Waals surface area contributed by atoms with Crippen molar-refractivity contribution in [1.29, 1.82) is 0 Å². The van der Waals surface area contributed by atoms with E-state index in [1.165, 1.54) is 13.2 Å². The number of aromatic nitrogens is 3. The number of methoxy groups -OCH3 is 1. The summed E-state index contributed by atoms with van der Waals surface area (Å²) in [7, 11) is 1.46. The molecule has 0 radical (unpaired) electrons. The van der Waals surface area contributed by atoms with E-state index in [2.05, 4.69) is 15.6 Å². The number of nitrogens with zero attached hydrogens (tertiary/aromatic N) is 3. The van der Waals surface area contributed by atoms with Crippen LogP contribution in [0.4, 0.5) is 5.82 Å². The lowest BCUT2D eigenvalue weighted by molar-refractivity contribution is -0.115. The number of aromatic hydroxyl groups is 1. The van der Waals surface area contributed by atoms with Crippen molar-refractivity contribution in [2.45, 2.75) is 26.8 Å². The highest BCUT2D eigenvalue weighted by molar-refractivity contribution is 5.91. The first kappa shape index (κ1) is 17.5. The van der Waals surface area contributed by atoms with E-state index < -0.39 is 0 Å². The summed E-state index contributed by atoms with van der Waals surface area (Å²) < 4.78 is 11.9. The van der Waals surface area contributed by atoms with E-state index >= 15 is 0 Å². The third-order valence-corrected chi connectivity index (χ3v) is 4.02. The molecular formula is C18H20N4O4. The van der Waals surface area contributed by atoms with Crippen LogP contribution in [0.1, 0.15) is 22.6 Å². The SMILES string of the molecule is COc1cc(CC(=O)Nc2ccn(Cc3c(C)noc3C)n2)ccc1O. The highest BCUT2D eigenvalue weighted by Gasteiger charge is 2.12. The molecule has 1 aromatic carbocycles. The first-order valence-corrected chi connectivity index (χ1v) is 8.07. The van der Waals surface area contributed by atoms with E-state index in [-0.39, 0.29) is 18.1 Å². The Morgan fingerprint density at radius 2 is 2.15 bits per heavy atom. The van der Waals surface area contributed by atoms with Crippen molar-refractivity contribution < 1.29 is 19.2 Å². The first-order valence-electron chi connectivity index (χ1n) is 8.07. The number of hydrogen-bond donors (Lipinski definition) is 2. The van der Waals surface area contributed by atoms with Gasteiger partial charge in [0.25, 0.3) is 0 Å². The minimum Gasteiger partial charge on any atom is -0.504 e. The molecule has 2 N–H and O–H groups in total. The Bertz CT molecular complexity index is 910. The van der Waals surface area contributed by atoms with Gasteiger partial charge in [-0.1, -0.05) is 11.2 Å². The van der Waals surface area contributed by atoms with Gasteiger partial charge in [-0.25, -0.2) is 0 Å². The van der Waals surface area contributed by atoms with Crippen LogP contribution in [0.2, 0.25) is 0 Å². The van der Waals surface area contributed by atoms with Crippen LogP contribution < -0.4 is 10.1 Å². The molecule has 8 nitrogen and oxygen atoms in total. The number of ether oxygens (including phenoxy) is 1. The minimum absolute atomic E-state index is 0.0368. The number of anilines is 1. The van der Waals surface area contributed by atoms with Crippen molar-refractivity contribution in [3.8, 4) is 11.5 Å². The van der Waals surface area contributed by atoms with E-state index in [4.69, 9.17) is 9.26 Å². The Balaban J connectivity index is 1.63.